The van der Waals surface area contributed by atoms with Gasteiger partial charge in [0.15, 0.2) is 0 Å². The highest BCUT2D eigenvalue weighted by atomic mass is 19.1. The molecule has 2 heterocycles. The fourth-order valence-electron chi connectivity index (χ4n) is 2.60. The number of benzene rings is 1. The third-order valence-electron chi connectivity index (χ3n) is 4.86. The number of methoxy groups -OCH3 is 1. The molecular formula is C18H23BFN3O3. The van der Waals surface area contributed by atoms with E-state index in [1.807, 2.05) is 52.8 Å². The normalized spacial score (nSPS) is 19.0. The van der Waals surface area contributed by atoms with Gasteiger partial charge in [0.1, 0.15) is 22.9 Å². The summed E-state index contributed by atoms with van der Waals surface area (Å²) >= 11 is 0. The third-order valence-corrected chi connectivity index (χ3v) is 4.86. The molecule has 0 amide bonds. The zero-order valence-electron chi connectivity index (χ0n) is 15.9. The van der Waals surface area contributed by atoms with Gasteiger partial charge in [-0.3, -0.25) is 0 Å². The van der Waals surface area contributed by atoms with Crippen molar-refractivity contribution in [3.63, 3.8) is 0 Å². The van der Waals surface area contributed by atoms with Crippen LogP contribution in [-0.4, -0.2) is 40.4 Å². The van der Waals surface area contributed by atoms with Crippen LogP contribution in [0, 0.1) is 6.92 Å². The van der Waals surface area contributed by atoms with Crippen LogP contribution in [0.4, 0.5) is 4.39 Å². The highest BCUT2D eigenvalue weighted by Crippen LogP contribution is 2.39. The van der Waals surface area contributed by atoms with Crippen LogP contribution in [0.15, 0.2) is 30.1 Å². The molecule has 1 aliphatic rings. The number of halogens is 1. The quantitative estimate of drug-likeness (QED) is 0.782. The number of hydrogen-bond donors (Lipinski definition) is 0. The average Bonchev–Trinajstić information content (AvgIpc) is 3.09. The Balaban J connectivity index is 1.85. The maximum Gasteiger partial charge on any atom is 0.525 e. The number of nitrogens with zero attached hydrogens (tertiary/aromatic N) is 3. The van der Waals surface area contributed by atoms with Crippen LogP contribution in [0.1, 0.15) is 39.0 Å². The maximum absolute atomic E-state index is 14.6. The van der Waals surface area contributed by atoms with Crippen molar-refractivity contribution in [2.45, 2.75) is 45.8 Å². The molecule has 1 aromatic carbocycles. The van der Waals surface area contributed by atoms with Crippen molar-refractivity contribution in [2.75, 3.05) is 7.11 Å². The molecule has 0 saturated carbocycles. The van der Waals surface area contributed by atoms with Gasteiger partial charge >= 0.3 is 7.12 Å². The molecule has 2 aromatic rings. The number of rotatable bonds is 4. The highest BCUT2D eigenvalue weighted by Gasteiger charge is 2.53. The highest BCUT2D eigenvalue weighted by molar-refractivity contribution is 6.54. The topological polar surface area (TPSA) is 58.4 Å². The maximum atomic E-state index is 14.6. The van der Waals surface area contributed by atoms with Gasteiger partial charge in [-0.2, -0.15) is 0 Å². The van der Waals surface area contributed by atoms with Gasteiger partial charge in [-0.1, -0.05) is 11.3 Å². The van der Waals surface area contributed by atoms with Crippen LogP contribution in [0.3, 0.4) is 0 Å². The van der Waals surface area contributed by atoms with Gasteiger partial charge in [-0.25, -0.2) is 9.07 Å². The fourth-order valence-corrected chi connectivity index (χ4v) is 2.60. The fraction of sp³-hybridized carbons (Fsp3) is 0.444. The second-order valence-corrected chi connectivity index (χ2v) is 7.38. The molecule has 0 N–H and O–H groups in total. The first-order valence-electron chi connectivity index (χ1n) is 8.43. The smallest absolute Gasteiger partial charge is 0.494 e. The number of aromatic nitrogens is 3. The average molecular weight is 359 g/mol. The Morgan fingerprint density at radius 2 is 1.88 bits per heavy atom. The zero-order valence-corrected chi connectivity index (χ0v) is 15.9. The second kappa shape index (κ2) is 6.52. The lowest BCUT2D eigenvalue weighted by molar-refractivity contribution is 0.00578. The lowest BCUT2D eigenvalue weighted by Crippen LogP contribution is -2.41. The van der Waals surface area contributed by atoms with Crippen LogP contribution >= 0.6 is 0 Å². The van der Waals surface area contributed by atoms with E-state index >= 15 is 0 Å². The Labute approximate surface area is 153 Å². The van der Waals surface area contributed by atoms with Crippen molar-refractivity contribution >= 4 is 13.2 Å². The SMILES string of the molecule is COc1ccc(C)cc1-n1cc(C=C(F)B2OC(C)(C)C(C)(C)O2)nn1. The summed E-state index contributed by atoms with van der Waals surface area (Å²) in [5.74, 6) is 0.655. The van der Waals surface area contributed by atoms with Crippen LogP contribution < -0.4 is 4.74 Å². The van der Waals surface area contributed by atoms with E-state index in [1.165, 1.54) is 6.08 Å². The zero-order chi connectivity index (χ0) is 19.1. The van der Waals surface area contributed by atoms with Crippen LogP contribution in [0.5, 0.6) is 5.75 Å². The van der Waals surface area contributed by atoms with Gasteiger partial charge in [-0.15, -0.1) is 5.10 Å². The van der Waals surface area contributed by atoms with Gasteiger partial charge in [0.2, 0.25) is 0 Å². The molecule has 0 aliphatic carbocycles. The molecule has 0 bridgehead atoms. The lowest BCUT2D eigenvalue weighted by atomic mass is 9.87. The minimum atomic E-state index is -1.06. The van der Waals surface area contributed by atoms with Crippen molar-refractivity contribution < 1.29 is 18.4 Å². The van der Waals surface area contributed by atoms with Gasteiger partial charge in [0, 0.05) is 0 Å². The monoisotopic (exact) mass is 359 g/mol. The molecule has 0 atom stereocenters. The molecule has 8 heteroatoms. The van der Waals surface area contributed by atoms with E-state index in [4.69, 9.17) is 14.0 Å². The lowest BCUT2D eigenvalue weighted by Gasteiger charge is -2.32. The molecule has 0 spiro atoms. The van der Waals surface area contributed by atoms with Crippen molar-refractivity contribution in [3.05, 3.63) is 41.4 Å². The van der Waals surface area contributed by atoms with Crippen molar-refractivity contribution in [1.82, 2.24) is 15.0 Å². The second-order valence-electron chi connectivity index (χ2n) is 7.38. The molecule has 1 aromatic heterocycles. The van der Waals surface area contributed by atoms with Crippen molar-refractivity contribution in [2.24, 2.45) is 0 Å². The van der Waals surface area contributed by atoms with Crippen molar-refractivity contribution in [3.8, 4) is 11.4 Å². The van der Waals surface area contributed by atoms with E-state index in [1.54, 1.807) is 18.0 Å². The summed E-state index contributed by atoms with van der Waals surface area (Å²) in [6, 6.07) is 5.72. The van der Waals surface area contributed by atoms with Gasteiger partial charge in [0.05, 0.1) is 24.5 Å². The Hall–Kier alpha value is -2.19. The summed E-state index contributed by atoms with van der Waals surface area (Å²) in [5.41, 5.74) is 0.394. The standard InChI is InChI=1S/C18H23BFN3O3/c1-12-7-8-15(24-6)14(9-12)23-11-13(21-22-23)10-16(20)19-25-17(2,3)18(4,5)26-19/h7-11H,1-6H3. The Bertz CT molecular complexity index is 832. The number of aryl methyl sites for hydroxylation is 1. The predicted molar refractivity (Wildman–Crippen MR) is 97.8 cm³/mol. The minimum absolute atomic E-state index is 0.362. The first kappa shape index (κ1) is 18.6. The largest absolute Gasteiger partial charge is 0.525 e. The van der Waals surface area contributed by atoms with Gasteiger partial charge < -0.3 is 14.0 Å². The van der Waals surface area contributed by atoms with E-state index < -0.39 is 24.0 Å². The summed E-state index contributed by atoms with van der Waals surface area (Å²) in [5, 5.41) is 8.08. The number of hydrogen-bond acceptors (Lipinski definition) is 5. The first-order valence-corrected chi connectivity index (χ1v) is 8.43. The van der Waals surface area contributed by atoms with Crippen LogP contribution in [0.25, 0.3) is 11.8 Å². The molecule has 1 saturated heterocycles. The molecular weight excluding hydrogens is 336 g/mol. The summed E-state index contributed by atoms with van der Waals surface area (Å²) in [6.07, 6.45) is 2.90. The molecule has 1 fully saturated rings. The van der Waals surface area contributed by atoms with Gasteiger partial charge in [0.25, 0.3) is 0 Å². The molecule has 6 nitrogen and oxygen atoms in total. The van der Waals surface area contributed by atoms with E-state index in [0.29, 0.717) is 11.4 Å². The predicted octanol–water partition coefficient (Wildman–Crippen LogP) is 3.53. The summed E-state index contributed by atoms with van der Waals surface area (Å²) in [4.78, 5) is 0. The van der Waals surface area contributed by atoms with Gasteiger partial charge in [-0.05, 0) is 58.4 Å². The molecule has 0 unspecified atom stereocenters. The molecule has 3 rings (SSSR count). The third kappa shape index (κ3) is 3.39. The van der Waals surface area contributed by atoms with Crippen LogP contribution in [-0.2, 0) is 9.31 Å². The van der Waals surface area contributed by atoms with E-state index in [0.717, 1.165) is 11.3 Å². The van der Waals surface area contributed by atoms with Crippen LogP contribution in [0.2, 0.25) is 0 Å². The Kier molecular flexibility index (Phi) is 4.66. The van der Waals surface area contributed by atoms with E-state index in [2.05, 4.69) is 10.3 Å². The molecule has 26 heavy (non-hydrogen) atoms. The molecule has 138 valence electrons. The molecule has 1 aliphatic heterocycles. The molecule has 0 radical (unpaired) electrons. The minimum Gasteiger partial charge on any atom is -0.494 e. The Morgan fingerprint density at radius 3 is 2.50 bits per heavy atom. The summed E-state index contributed by atoms with van der Waals surface area (Å²) < 4.78 is 32.9. The summed E-state index contributed by atoms with van der Waals surface area (Å²) in [7, 11) is 0.530. The summed E-state index contributed by atoms with van der Waals surface area (Å²) in [6.45, 7) is 9.47. The first-order chi connectivity index (χ1) is 12.1. The van der Waals surface area contributed by atoms with E-state index in [9.17, 15) is 4.39 Å². The van der Waals surface area contributed by atoms with E-state index in [-0.39, 0.29) is 0 Å². The Morgan fingerprint density at radius 1 is 1.23 bits per heavy atom. The number of ether oxygens (including phenoxy) is 1. The van der Waals surface area contributed by atoms with Crippen molar-refractivity contribution in [1.29, 1.82) is 0 Å².